The third-order valence-corrected chi connectivity index (χ3v) is 3.96. The van der Waals surface area contributed by atoms with Gasteiger partial charge in [0.25, 0.3) is 5.91 Å². The van der Waals surface area contributed by atoms with E-state index in [4.69, 9.17) is 5.26 Å². The SMILES string of the molecule is N#Cc1ccccc1Nc1ccnc(C(=O)NCCc2ccccc2F)c1. The fraction of sp³-hybridized carbons (Fsp3) is 0.0952. The number of rotatable bonds is 6. The van der Waals surface area contributed by atoms with E-state index in [1.807, 2.05) is 6.07 Å². The van der Waals surface area contributed by atoms with Gasteiger partial charge in [0.2, 0.25) is 0 Å². The summed E-state index contributed by atoms with van der Waals surface area (Å²) in [4.78, 5) is 16.4. The van der Waals surface area contributed by atoms with Crippen LogP contribution in [-0.4, -0.2) is 17.4 Å². The summed E-state index contributed by atoms with van der Waals surface area (Å²) in [7, 11) is 0. The highest BCUT2D eigenvalue weighted by Crippen LogP contribution is 2.20. The number of hydrogen-bond acceptors (Lipinski definition) is 4. The van der Waals surface area contributed by atoms with E-state index in [-0.39, 0.29) is 17.4 Å². The van der Waals surface area contributed by atoms with Crippen molar-refractivity contribution in [2.75, 3.05) is 11.9 Å². The minimum Gasteiger partial charge on any atom is -0.354 e. The number of nitrogens with zero attached hydrogens (tertiary/aromatic N) is 2. The van der Waals surface area contributed by atoms with Crippen LogP contribution in [-0.2, 0) is 6.42 Å². The maximum Gasteiger partial charge on any atom is 0.269 e. The third kappa shape index (κ3) is 4.67. The highest BCUT2D eigenvalue weighted by Gasteiger charge is 2.09. The number of pyridine rings is 1. The van der Waals surface area contributed by atoms with Crippen LogP contribution in [0.15, 0.2) is 66.9 Å². The number of benzene rings is 2. The standard InChI is InChI=1S/C21H17FN4O/c22-18-7-3-1-5-15(18)9-11-25-21(27)20-13-17(10-12-24-20)26-19-8-4-2-6-16(19)14-23/h1-8,10,12-13H,9,11H2,(H,24,26)(H,25,27). The van der Waals surface area contributed by atoms with Gasteiger partial charge >= 0.3 is 0 Å². The second-order valence-electron chi connectivity index (χ2n) is 5.81. The predicted molar refractivity (Wildman–Crippen MR) is 101 cm³/mol. The van der Waals surface area contributed by atoms with Gasteiger partial charge in [0, 0.05) is 18.4 Å². The van der Waals surface area contributed by atoms with Crippen molar-refractivity contribution in [3.05, 3.63) is 89.5 Å². The molecule has 0 saturated heterocycles. The van der Waals surface area contributed by atoms with Crippen LogP contribution in [0.4, 0.5) is 15.8 Å². The first-order valence-corrected chi connectivity index (χ1v) is 8.41. The molecule has 1 amide bonds. The number of hydrogen-bond donors (Lipinski definition) is 2. The normalized spacial score (nSPS) is 10.1. The number of amides is 1. The van der Waals surface area contributed by atoms with Crippen LogP contribution in [0.25, 0.3) is 0 Å². The molecule has 0 fully saturated rings. The van der Waals surface area contributed by atoms with E-state index in [9.17, 15) is 9.18 Å². The molecule has 134 valence electrons. The molecule has 0 radical (unpaired) electrons. The summed E-state index contributed by atoms with van der Waals surface area (Å²) in [5.41, 5.74) is 2.59. The monoisotopic (exact) mass is 360 g/mol. The number of nitriles is 1. The average molecular weight is 360 g/mol. The first-order chi connectivity index (χ1) is 13.2. The zero-order chi connectivity index (χ0) is 19.1. The van der Waals surface area contributed by atoms with Crippen LogP contribution in [0.1, 0.15) is 21.6 Å². The Morgan fingerprint density at radius 3 is 2.70 bits per heavy atom. The summed E-state index contributed by atoms with van der Waals surface area (Å²) in [6, 6.07) is 19.0. The molecule has 0 unspecified atom stereocenters. The molecule has 0 aliphatic heterocycles. The molecule has 0 bridgehead atoms. The number of para-hydroxylation sites is 1. The zero-order valence-corrected chi connectivity index (χ0v) is 14.4. The molecule has 0 spiro atoms. The molecule has 27 heavy (non-hydrogen) atoms. The molecule has 0 aliphatic rings. The Labute approximate surface area is 156 Å². The average Bonchev–Trinajstić information content (AvgIpc) is 2.70. The van der Waals surface area contributed by atoms with E-state index < -0.39 is 0 Å². The van der Waals surface area contributed by atoms with Gasteiger partial charge in [0.05, 0.1) is 11.3 Å². The van der Waals surface area contributed by atoms with Crippen LogP contribution in [0, 0.1) is 17.1 Å². The van der Waals surface area contributed by atoms with Crippen molar-refractivity contribution in [2.45, 2.75) is 6.42 Å². The predicted octanol–water partition coefficient (Wildman–Crippen LogP) is 3.81. The zero-order valence-electron chi connectivity index (χ0n) is 14.4. The molecular formula is C21H17FN4O. The topological polar surface area (TPSA) is 77.8 Å². The summed E-state index contributed by atoms with van der Waals surface area (Å²) >= 11 is 0. The van der Waals surface area contributed by atoms with Gasteiger partial charge in [-0.2, -0.15) is 5.26 Å². The van der Waals surface area contributed by atoms with Crippen LogP contribution in [0.3, 0.4) is 0 Å². The van der Waals surface area contributed by atoms with Crippen LogP contribution < -0.4 is 10.6 Å². The lowest BCUT2D eigenvalue weighted by atomic mass is 10.1. The van der Waals surface area contributed by atoms with E-state index in [2.05, 4.69) is 21.7 Å². The molecule has 0 aliphatic carbocycles. The summed E-state index contributed by atoms with van der Waals surface area (Å²) in [6.07, 6.45) is 1.91. The Balaban J connectivity index is 1.63. The molecule has 3 rings (SSSR count). The van der Waals surface area contributed by atoms with E-state index in [1.165, 1.54) is 12.3 Å². The Bertz CT molecular complexity index is 997. The Hall–Kier alpha value is -3.72. The van der Waals surface area contributed by atoms with Crippen LogP contribution in [0.2, 0.25) is 0 Å². The quantitative estimate of drug-likeness (QED) is 0.701. The van der Waals surface area contributed by atoms with Crippen LogP contribution >= 0.6 is 0 Å². The second-order valence-corrected chi connectivity index (χ2v) is 5.81. The lowest BCUT2D eigenvalue weighted by molar-refractivity contribution is 0.0949. The summed E-state index contributed by atoms with van der Waals surface area (Å²) in [5.74, 6) is -0.629. The van der Waals surface area contributed by atoms with Crippen molar-refractivity contribution < 1.29 is 9.18 Å². The minimum atomic E-state index is -0.344. The smallest absolute Gasteiger partial charge is 0.269 e. The summed E-state index contributed by atoms with van der Waals surface area (Å²) in [6.45, 7) is 0.302. The van der Waals surface area contributed by atoms with Gasteiger partial charge < -0.3 is 10.6 Å². The van der Waals surface area contributed by atoms with Gasteiger partial charge in [-0.15, -0.1) is 0 Å². The van der Waals surface area contributed by atoms with Gasteiger partial charge in [-0.3, -0.25) is 9.78 Å². The highest BCUT2D eigenvalue weighted by atomic mass is 19.1. The maximum atomic E-state index is 13.6. The number of nitrogens with one attached hydrogen (secondary N) is 2. The fourth-order valence-electron chi connectivity index (χ4n) is 2.58. The van der Waals surface area contributed by atoms with Gasteiger partial charge in [-0.1, -0.05) is 30.3 Å². The van der Waals surface area contributed by atoms with Gasteiger partial charge in [-0.25, -0.2) is 4.39 Å². The van der Waals surface area contributed by atoms with E-state index in [0.717, 1.165) is 0 Å². The molecule has 5 nitrogen and oxygen atoms in total. The molecule has 1 heterocycles. The van der Waals surface area contributed by atoms with Gasteiger partial charge in [0.15, 0.2) is 0 Å². The Morgan fingerprint density at radius 2 is 1.89 bits per heavy atom. The van der Waals surface area contributed by atoms with Crippen molar-refractivity contribution in [1.29, 1.82) is 5.26 Å². The van der Waals surface area contributed by atoms with Crippen molar-refractivity contribution in [3.63, 3.8) is 0 Å². The molecule has 0 atom stereocenters. The largest absolute Gasteiger partial charge is 0.354 e. The Morgan fingerprint density at radius 1 is 1.11 bits per heavy atom. The van der Waals surface area contributed by atoms with Crippen molar-refractivity contribution in [2.24, 2.45) is 0 Å². The number of halogens is 1. The first-order valence-electron chi connectivity index (χ1n) is 8.41. The second kappa shape index (κ2) is 8.59. The summed E-state index contributed by atoms with van der Waals surface area (Å²) in [5, 5.41) is 15.0. The minimum absolute atomic E-state index is 0.239. The first kappa shape index (κ1) is 18.1. The highest BCUT2D eigenvalue weighted by molar-refractivity contribution is 5.93. The number of anilines is 2. The fourth-order valence-corrected chi connectivity index (χ4v) is 2.58. The Kier molecular flexibility index (Phi) is 5.75. The van der Waals surface area contributed by atoms with E-state index in [1.54, 1.807) is 48.5 Å². The van der Waals surface area contributed by atoms with Crippen molar-refractivity contribution in [3.8, 4) is 6.07 Å². The lowest BCUT2D eigenvalue weighted by Crippen LogP contribution is -2.26. The molecule has 0 saturated carbocycles. The number of aromatic nitrogens is 1. The van der Waals surface area contributed by atoms with Crippen LogP contribution in [0.5, 0.6) is 0 Å². The maximum absolute atomic E-state index is 13.6. The third-order valence-electron chi connectivity index (χ3n) is 3.96. The number of carbonyl (C=O) groups is 1. The van der Waals surface area contributed by atoms with Gasteiger partial charge in [-0.05, 0) is 42.3 Å². The number of carbonyl (C=O) groups excluding carboxylic acids is 1. The van der Waals surface area contributed by atoms with Gasteiger partial charge in [0.1, 0.15) is 17.6 Å². The lowest BCUT2D eigenvalue weighted by Gasteiger charge is -2.10. The summed E-state index contributed by atoms with van der Waals surface area (Å²) < 4.78 is 13.6. The molecular weight excluding hydrogens is 343 g/mol. The van der Waals surface area contributed by atoms with E-state index >= 15 is 0 Å². The van der Waals surface area contributed by atoms with Crippen molar-refractivity contribution >= 4 is 17.3 Å². The van der Waals surface area contributed by atoms with Crippen molar-refractivity contribution in [1.82, 2.24) is 10.3 Å². The molecule has 1 aromatic heterocycles. The molecule has 3 aromatic rings. The van der Waals surface area contributed by atoms with E-state index in [0.29, 0.717) is 35.5 Å². The molecule has 2 N–H and O–H groups in total. The molecule has 6 heteroatoms. The molecule has 2 aromatic carbocycles.